The summed E-state index contributed by atoms with van der Waals surface area (Å²) in [6.07, 6.45) is -15.7. The van der Waals surface area contributed by atoms with Gasteiger partial charge in [-0.25, -0.2) is 22.0 Å². The molecule has 34 heavy (non-hydrogen) atoms. The van der Waals surface area contributed by atoms with Gasteiger partial charge in [0.25, 0.3) is 6.43 Å². The predicted molar refractivity (Wildman–Crippen MR) is 82.0 cm³/mol. The zero-order valence-electron chi connectivity index (χ0n) is 16.5. The van der Waals surface area contributed by atoms with E-state index in [1.807, 2.05) is 0 Å². The van der Waals surface area contributed by atoms with Crippen LogP contribution in [0.4, 0.5) is 74.6 Å². The van der Waals surface area contributed by atoms with Gasteiger partial charge < -0.3 is 4.43 Å². The minimum Gasteiger partial charge on any atom is -0.414 e. The SMILES string of the molecule is C[Si]1(C(F)C(F)(F)C(F)(F)C(F)(F)C(F)(F)C(F)(F)C(F)(F)C(F)C(F)C(F)F)CCCCO1. The van der Waals surface area contributed by atoms with E-state index in [0.29, 0.717) is 6.55 Å². The van der Waals surface area contributed by atoms with E-state index in [1.165, 1.54) is 0 Å². The maximum absolute atomic E-state index is 14.3. The topological polar surface area (TPSA) is 9.23 Å². The van der Waals surface area contributed by atoms with E-state index >= 15 is 0 Å². The highest BCUT2D eigenvalue weighted by molar-refractivity contribution is 6.74. The summed E-state index contributed by atoms with van der Waals surface area (Å²) in [6.45, 7) is -0.0622. The Bertz CT molecular complexity index is 705. The smallest absolute Gasteiger partial charge is 0.384 e. The molecular formula is C15H15F17OSi. The molecule has 1 rings (SSSR count). The van der Waals surface area contributed by atoms with Crippen molar-refractivity contribution in [1.82, 2.24) is 0 Å². The third-order valence-electron chi connectivity index (χ3n) is 5.24. The molecule has 19 heteroatoms. The fourth-order valence-corrected chi connectivity index (χ4v) is 6.07. The van der Waals surface area contributed by atoms with Crippen LogP contribution in [0.25, 0.3) is 0 Å². The molecule has 0 amide bonds. The Labute approximate surface area is 180 Å². The van der Waals surface area contributed by atoms with E-state index < -0.39 is 81.1 Å². The monoisotopic (exact) mass is 562 g/mol. The molecule has 4 atom stereocenters. The largest absolute Gasteiger partial charge is 0.414 e. The summed E-state index contributed by atoms with van der Waals surface area (Å²) in [5.41, 5.74) is 0. The van der Waals surface area contributed by atoms with Gasteiger partial charge >= 0.3 is 35.5 Å². The molecule has 1 aliphatic heterocycles. The Balaban J connectivity index is 3.53. The fourth-order valence-electron chi connectivity index (χ4n) is 3.01. The summed E-state index contributed by atoms with van der Waals surface area (Å²) >= 11 is 0. The normalized spacial score (nSPS) is 24.8. The molecule has 4 unspecified atom stereocenters. The molecule has 0 bridgehead atoms. The van der Waals surface area contributed by atoms with E-state index in [9.17, 15) is 74.6 Å². The first-order valence-electron chi connectivity index (χ1n) is 8.99. The molecule has 1 saturated heterocycles. The van der Waals surface area contributed by atoms with Gasteiger partial charge in [0.2, 0.25) is 14.5 Å². The highest BCUT2D eigenvalue weighted by atomic mass is 28.4. The van der Waals surface area contributed by atoms with Crippen LogP contribution in [0.3, 0.4) is 0 Å². The molecule has 0 spiro atoms. The average Bonchev–Trinajstić information content (AvgIpc) is 2.71. The summed E-state index contributed by atoms with van der Waals surface area (Å²) < 4.78 is 234. The van der Waals surface area contributed by atoms with Crippen molar-refractivity contribution in [2.45, 2.75) is 85.5 Å². The summed E-state index contributed by atoms with van der Waals surface area (Å²) in [5, 5.41) is 0. The number of hydrogen-bond donors (Lipinski definition) is 0. The van der Waals surface area contributed by atoms with Gasteiger partial charge in [0.15, 0.2) is 12.0 Å². The molecule has 0 N–H and O–H groups in total. The van der Waals surface area contributed by atoms with Gasteiger partial charge in [-0.05, 0) is 19.0 Å². The van der Waals surface area contributed by atoms with Crippen LogP contribution < -0.4 is 0 Å². The van der Waals surface area contributed by atoms with Crippen LogP contribution in [-0.4, -0.2) is 75.0 Å². The molecular weight excluding hydrogens is 547 g/mol. The van der Waals surface area contributed by atoms with Gasteiger partial charge in [0, 0.05) is 6.61 Å². The summed E-state index contributed by atoms with van der Waals surface area (Å²) in [7, 11) is -4.75. The number of rotatable bonds is 10. The standard InChI is InChI=1S/C15H15F17OSi/c1-34(5-3-2-4-33-34)9(20)11(23,24)13(27,28)15(31,32)14(29,30)12(25,26)10(21,22)7(17)6(16)8(18)19/h6-9H,2-5H2,1H3. The van der Waals surface area contributed by atoms with Gasteiger partial charge in [-0.2, -0.15) is 52.7 Å². The minimum absolute atomic E-state index is 0.0748. The van der Waals surface area contributed by atoms with Crippen molar-refractivity contribution in [2.75, 3.05) is 6.61 Å². The lowest BCUT2D eigenvalue weighted by atomic mass is 9.89. The average molecular weight is 562 g/mol. The number of hydrogen-bond acceptors (Lipinski definition) is 1. The quantitative estimate of drug-likeness (QED) is 0.206. The van der Waals surface area contributed by atoms with Crippen LogP contribution in [0.15, 0.2) is 0 Å². The molecule has 0 aromatic rings. The Morgan fingerprint density at radius 2 is 1.03 bits per heavy atom. The van der Waals surface area contributed by atoms with Crippen molar-refractivity contribution < 1.29 is 79.1 Å². The highest BCUT2D eigenvalue weighted by Gasteiger charge is 2.92. The molecule has 1 heterocycles. The molecule has 0 aromatic heterocycles. The first-order valence-corrected chi connectivity index (χ1v) is 11.7. The van der Waals surface area contributed by atoms with Crippen molar-refractivity contribution in [2.24, 2.45) is 0 Å². The van der Waals surface area contributed by atoms with Crippen LogP contribution in [0, 0.1) is 0 Å². The van der Waals surface area contributed by atoms with Crippen molar-refractivity contribution in [3.05, 3.63) is 0 Å². The maximum Gasteiger partial charge on any atom is 0.384 e. The molecule has 0 aliphatic carbocycles. The number of alkyl halides is 17. The lowest BCUT2D eigenvalue weighted by molar-refractivity contribution is -0.432. The van der Waals surface area contributed by atoms with Gasteiger partial charge in [-0.15, -0.1) is 0 Å². The zero-order valence-corrected chi connectivity index (χ0v) is 17.5. The van der Waals surface area contributed by atoms with E-state index in [2.05, 4.69) is 4.43 Å². The van der Waals surface area contributed by atoms with Crippen LogP contribution in [0.1, 0.15) is 12.8 Å². The summed E-state index contributed by atoms with van der Waals surface area (Å²) in [4.78, 5) is 0. The molecule has 0 saturated carbocycles. The van der Waals surface area contributed by atoms with Crippen LogP contribution in [0.5, 0.6) is 0 Å². The first kappa shape index (κ1) is 31.0. The zero-order chi connectivity index (χ0) is 27.3. The Hall–Kier alpha value is -1.01. The van der Waals surface area contributed by atoms with Gasteiger partial charge in [0.1, 0.15) is 0 Å². The lowest BCUT2D eigenvalue weighted by Gasteiger charge is -2.44. The van der Waals surface area contributed by atoms with Crippen LogP contribution in [-0.2, 0) is 4.43 Å². The Kier molecular flexibility index (Phi) is 8.33. The predicted octanol–water partition coefficient (Wildman–Crippen LogP) is 7.00. The molecule has 0 aromatic carbocycles. The Morgan fingerprint density at radius 1 is 0.618 bits per heavy atom. The molecule has 204 valence electrons. The van der Waals surface area contributed by atoms with E-state index in [-0.39, 0.29) is 12.8 Å². The molecule has 1 fully saturated rings. The van der Waals surface area contributed by atoms with Crippen LogP contribution in [0.2, 0.25) is 12.6 Å². The van der Waals surface area contributed by atoms with Crippen molar-refractivity contribution in [3.8, 4) is 0 Å². The van der Waals surface area contributed by atoms with E-state index in [0.717, 1.165) is 0 Å². The van der Waals surface area contributed by atoms with Crippen LogP contribution >= 0.6 is 0 Å². The van der Waals surface area contributed by atoms with Gasteiger partial charge in [-0.3, -0.25) is 0 Å². The number of halogens is 17. The van der Waals surface area contributed by atoms with Gasteiger partial charge in [0.05, 0.1) is 0 Å². The second-order valence-electron chi connectivity index (χ2n) is 7.70. The third-order valence-corrected chi connectivity index (χ3v) is 8.89. The third kappa shape index (κ3) is 4.36. The first-order chi connectivity index (χ1) is 14.9. The highest BCUT2D eigenvalue weighted by Crippen LogP contribution is 2.62. The van der Waals surface area contributed by atoms with Crippen molar-refractivity contribution in [3.63, 3.8) is 0 Å². The lowest BCUT2D eigenvalue weighted by Crippen LogP contribution is -2.75. The van der Waals surface area contributed by atoms with E-state index in [1.54, 1.807) is 0 Å². The minimum atomic E-state index is -8.35. The second-order valence-corrected chi connectivity index (χ2v) is 11.6. The van der Waals surface area contributed by atoms with Crippen molar-refractivity contribution >= 4 is 8.32 Å². The second kappa shape index (κ2) is 9.13. The fraction of sp³-hybridized carbons (Fsp3) is 1.00. The summed E-state index contributed by atoms with van der Waals surface area (Å²) in [5.74, 6) is -51.5. The Morgan fingerprint density at radius 3 is 1.38 bits per heavy atom. The summed E-state index contributed by atoms with van der Waals surface area (Å²) in [6, 6.07) is -0.731. The molecule has 1 nitrogen and oxygen atoms in total. The molecule has 1 aliphatic rings. The van der Waals surface area contributed by atoms with Gasteiger partial charge in [-0.1, -0.05) is 6.42 Å². The molecule has 0 radical (unpaired) electrons. The van der Waals surface area contributed by atoms with E-state index in [4.69, 9.17) is 0 Å². The maximum atomic E-state index is 14.3. The van der Waals surface area contributed by atoms with Crippen molar-refractivity contribution in [1.29, 1.82) is 0 Å².